The summed E-state index contributed by atoms with van der Waals surface area (Å²) in [6, 6.07) is 11.5. The fourth-order valence-electron chi connectivity index (χ4n) is 1.83. The Bertz CT molecular complexity index is 549. The second-order valence-corrected chi connectivity index (χ2v) is 4.20. The number of rotatable bonds is 3. The quantitative estimate of drug-likeness (QED) is 0.776. The molecule has 2 nitrogen and oxygen atoms in total. The molecule has 0 spiro atoms. The van der Waals surface area contributed by atoms with Crippen LogP contribution in [0, 0.1) is 0 Å². The molecule has 0 fully saturated rings. The molecule has 0 aliphatic carbocycles. The molecule has 0 atom stereocenters. The number of carbonyl (C=O) groups excluding carboxylic acids is 1. The van der Waals surface area contributed by atoms with Crippen molar-refractivity contribution in [3.05, 3.63) is 47.0 Å². The third-order valence-electron chi connectivity index (χ3n) is 2.57. The number of hydrogen-bond donors (Lipinski definition) is 0. The van der Waals surface area contributed by atoms with Crippen LogP contribution < -0.4 is 0 Å². The first-order valence-electron chi connectivity index (χ1n) is 5.53. The van der Waals surface area contributed by atoms with Crippen molar-refractivity contribution in [1.82, 2.24) is 0 Å². The largest absolute Gasteiger partial charge is 0.466 e. The summed E-state index contributed by atoms with van der Waals surface area (Å²) in [4.78, 5) is 11.5. The maximum absolute atomic E-state index is 11.5. The lowest BCUT2D eigenvalue weighted by molar-refractivity contribution is -0.142. The van der Waals surface area contributed by atoms with Gasteiger partial charge in [0.15, 0.2) is 0 Å². The van der Waals surface area contributed by atoms with Gasteiger partial charge in [0.2, 0.25) is 0 Å². The van der Waals surface area contributed by atoms with Crippen LogP contribution in [-0.4, -0.2) is 12.6 Å². The van der Waals surface area contributed by atoms with Crippen molar-refractivity contribution in [2.24, 2.45) is 0 Å². The number of esters is 1. The second-order valence-electron chi connectivity index (χ2n) is 3.76. The number of carbonyl (C=O) groups is 1. The Morgan fingerprint density at radius 1 is 1.29 bits per heavy atom. The molecule has 17 heavy (non-hydrogen) atoms. The summed E-state index contributed by atoms with van der Waals surface area (Å²) in [5.74, 6) is -0.208. The molecular weight excluding hydrogens is 236 g/mol. The van der Waals surface area contributed by atoms with Gasteiger partial charge in [-0.05, 0) is 35.4 Å². The number of halogens is 1. The molecule has 0 saturated carbocycles. The third-order valence-corrected chi connectivity index (χ3v) is 2.81. The molecule has 3 heteroatoms. The predicted octanol–water partition coefficient (Wildman–Crippen LogP) is 3.60. The predicted molar refractivity (Wildman–Crippen MR) is 69.3 cm³/mol. The smallest absolute Gasteiger partial charge is 0.310 e. The summed E-state index contributed by atoms with van der Waals surface area (Å²) in [6.07, 6.45) is 0.283. The molecule has 0 aromatic heterocycles. The minimum Gasteiger partial charge on any atom is -0.466 e. The summed E-state index contributed by atoms with van der Waals surface area (Å²) in [5, 5.41) is 2.76. The van der Waals surface area contributed by atoms with Gasteiger partial charge in [-0.25, -0.2) is 0 Å². The van der Waals surface area contributed by atoms with Crippen LogP contribution in [0.2, 0.25) is 5.02 Å². The van der Waals surface area contributed by atoms with Gasteiger partial charge in [0.05, 0.1) is 13.0 Å². The van der Waals surface area contributed by atoms with E-state index in [4.69, 9.17) is 16.3 Å². The molecule has 88 valence electrons. The van der Waals surface area contributed by atoms with Crippen molar-refractivity contribution in [2.75, 3.05) is 6.61 Å². The Labute approximate surface area is 105 Å². The van der Waals surface area contributed by atoms with Gasteiger partial charge in [0.25, 0.3) is 0 Å². The van der Waals surface area contributed by atoms with E-state index in [0.29, 0.717) is 11.6 Å². The second kappa shape index (κ2) is 5.19. The zero-order valence-corrected chi connectivity index (χ0v) is 10.3. The summed E-state index contributed by atoms with van der Waals surface area (Å²) in [7, 11) is 0. The van der Waals surface area contributed by atoms with E-state index < -0.39 is 0 Å². The van der Waals surface area contributed by atoms with Gasteiger partial charge < -0.3 is 4.74 Å². The fraction of sp³-hybridized carbons (Fsp3) is 0.214. The minimum atomic E-state index is -0.208. The van der Waals surface area contributed by atoms with E-state index in [-0.39, 0.29) is 12.4 Å². The Balaban J connectivity index is 2.39. The first kappa shape index (κ1) is 11.9. The molecule has 0 bridgehead atoms. The van der Waals surface area contributed by atoms with E-state index in [2.05, 4.69) is 0 Å². The zero-order valence-electron chi connectivity index (χ0n) is 9.57. The Hall–Kier alpha value is -1.54. The molecule has 0 radical (unpaired) electrons. The van der Waals surface area contributed by atoms with E-state index in [0.717, 1.165) is 16.3 Å². The van der Waals surface area contributed by atoms with Crippen LogP contribution >= 0.6 is 11.6 Å². The fourth-order valence-corrected chi connectivity index (χ4v) is 2.00. The first-order valence-corrected chi connectivity index (χ1v) is 5.91. The van der Waals surface area contributed by atoms with Gasteiger partial charge in [-0.2, -0.15) is 0 Å². The van der Waals surface area contributed by atoms with Crippen LogP contribution in [0.5, 0.6) is 0 Å². The van der Waals surface area contributed by atoms with Crippen LogP contribution in [0.3, 0.4) is 0 Å². The highest BCUT2D eigenvalue weighted by Crippen LogP contribution is 2.23. The molecule has 2 aromatic carbocycles. The van der Waals surface area contributed by atoms with E-state index >= 15 is 0 Å². The highest BCUT2D eigenvalue weighted by atomic mass is 35.5. The van der Waals surface area contributed by atoms with Crippen LogP contribution in [0.4, 0.5) is 0 Å². The van der Waals surface area contributed by atoms with Gasteiger partial charge in [0, 0.05) is 5.02 Å². The topological polar surface area (TPSA) is 26.3 Å². The average Bonchev–Trinajstić information content (AvgIpc) is 2.30. The number of fused-ring (bicyclic) bond motifs is 1. The van der Waals surface area contributed by atoms with Crippen LogP contribution in [0.25, 0.3) is 10.8 Å². The lowest BCUT2D eigenvalue weighted by Gasteiger charge is -2.06. The number of hydrogen-bond acceptors (Lipinski definition) is 2. The van der Waals surface area contributed by atoms with Crippen molar-refractivity contribution in [3.63, 3.8) is 0 Å². The first-order chi connectivity index (χ1) is 8.20. The maximum atomic E-state index is 11.5. The van der Waals surface area contributed by atoms with Gasteiger partial charge in [-0.1, -0.05) is 35.9 Å². The van der Waals surface area contributed by atoms with Crippen LogP contribution in [0.15, 0.2) is 36.4 Å². The summed E-state index contributed by atoms with van der Waals surface area (Å²) in [5.41, 5.74) is 0.948. The van der Waals surface area contributed by atoms with E-state index in [1.807, 2.05) is 36.4 Å². The highest BCUT2D eigenvalue weighted by Gasteiger charge is 2.07. The standard InChI is InChI=1S/C14H13ClO2/c1-2-17-14(16)8-11-5-3-4-10-6-7-12(15)9-13(10)11/h3-7,9H,2,8H2,1H3. The van der Waals surface area contributed by atoms with Crippen LogP contribution in [-0.2, 0) is 16.0 Å². The van der Waals surface area contributed by atoms with Gasteiger partial charge in [0.1, 0.15) is 0 Å². The molecule has 0 heterocycles. The van der Waals surface area contributed by atoms with Crippen molar-refractivity contribution in [1.29, 1.82) is 0 Å². The molecule has 0 aliphatic heterocycles. The maximum Gasteiger partial charge on any atom is 0.310 e. The number of benzene rings is 2. The Kier molecular flexibility index (Phi) is 3.64. The summed E-state index contributed by atoms with van der Waals surface area (Å²) in [6.45, 7) is 2.21. The number of ether oxygens (including phenoxy) is 1. The third kappa shape index (κ3) is 2.77. The van der Waals surface area contributed by atoms with Crippen molar-refractivity contribution in [3.8, 4) is 0 Å². The van der Waals surface area contributed by atoms with Crippen molar-refractivity contribution >= 4 is 28.3 Å². The lowest BCUT2D eigenvalue weighted by Crippen LogP contribution is -2.07. The van der Waals surface area contributed by atoms with E-state index in [9.17, 15) is 4.79 Å². The molecule has 2 aromatic rings. The molecule has 0 N–H and O–H groups in total. The Morgan fingerprint density at radius 3 is 2.88 bits per heavy atom. The normalized spacial score (nSPS) is 10.5. The molecule has 0 unspecified atom stereocenters. The summed E-state index contributed by atoms with van der Waals surface area (Å²) >= 11 is 5.97. The zero-order chi connectivity index (χ0) is 12.3. The minimum absolute atomic E-state index is 0.208. The monoisotopic (exact) mass is 248 g/mol. The molecular formula is C14H13ClO2. The van der Waals surface area contributed by atoms with Gasteiger partial charge >= 0.3 is 5.97 Å². The highest BCUT2D eigenvalue weighted by molar-refractivity contribution is 6.31. The van der Waals surface area contributed by atoms with Gasteiger partial charge in [-0.3, -0.25) is 4.79 Å². The van der Waals surface area contributed by atoms with E-state index in [1.165, 1.54) is 0 Å². The van der Waals surface area contributed by atoms with E-state index in [1.54, 1.807) is 6.92 Å². The molecule has 0 amide bonds. The Morgan fingerprint density at radius 2 is 2.12 bits per heavy atom. The summed E-state index contributed by atoms with van der Waals surface area (Å²) < 4.78 is 4.95. The lowest BCUT2D eigenvalue weighted by atomic mass is 10.0. The van der Waals surface area contributed by atoms with Crippen LogP contribution in [0.1, 0.15) is 12.5 Å². The molecule has 2 rings (SSSR count). The molecule has 0 aliphatic rings. The average molecular weight is 249 g/mol. The SMILES string of the molecule is CCOC(=O)Cc1cccc2ccc(Cl)cc12. The van der Waals surface area contributed by atoms with Crippen molar-refractivity contribution in [2.45, 2.75) is 13.3 Å². The van der Waals surface area contributed by atoms with Gasteiger partial charge in [-0.15, -0.1) is 0 Å². The molecule has 0 saturated heterocycles. The van der Waals surface area contributed by atoms with Crippen molar-refractivity contribution < 1.29 is 9.53 Å².